The summed E-state index contributed by atoms with van der Waals surface area (Å²) in [5.74, 6) is 1.05. The number of carbonyl (C=O) groups is 2. The van der Waals surface area contributed by atoms with Crippen molar-refractivity contribution >= 4 is 33.8 Å². The molecule has 1 aromatic carbocycles. The predicted molar refractivity (Wildman–Crippen MR) is 120 cm³/mol. The molecule has 2 aliphatic rings. The van der Waals surface area contributed by atoms with Crippen LogP contribution < -0.4 is 16.0 Å². The number of nitrogens with zero attached hydrogens (tertiary/aromatic N) is 1. The maximum absolute atomic E-state index is 12.8. The van der Waals surface area contributed by atoms with E-state index in [1.54, 1.807) is 0 Å². The van der Waals surface area contributed by atoms with Crippen LogP contribution in [0, 0.1) is 13.8 Å². The Morgan fingerprint density at radius 1 is 1.19 bits per heavy atom. The summed E-state index contributed by atoms with van der Waals surface area (Å²) < 4.78 is 25.0. The molecule has 0 saturated carbocycles. The molecular weight excluding hydrogens is 420 g/mol. The minimum Gasteiger partial charge on any atom is -0.381 e. The second kappa shape index (κ2) is 8.52. The number of aromatic nitrogens is 1. The van der Waals surface area contributed by atoms with Crippen molar-refractivity contribution in [2.24, 2.45) is 0 Å². The highest BCUT2D eigenvalue weighted by Gasteiger charge is 2.29. The van der Waals surface area contributed by atoms with E-state index < -0.39 is 16.6 Å². The second-order valence-electron chi connectivity index (χ2n) is 8.24. The standard InChI is InChI=1S/C21H28N4O5S/c1-12-20(13(2)30-25-12)14-3-4-16(22-15-7-9-31(28,29)10-8-15)18(11-14)24-21(27)17-5-6-19(26)23-17/h3-4,11,15,17,22,28-29H,5-10H2,1-2H3,(H,23,26)(H,24,27). The number of rotatable bonds is 5. The molecule has 4 rings (SSSR count). The molecule has 1 aromatic heterocycles. The van der Waals surface area contributed by atoms with Crippen molar-refractivity contribution in [2.45, 2.75) is 51.6 Å². The van der Waals surface area contributed by atoms with E-state index in [0.717, 1.165) is 22.5 Å². The van der Waals surface area contributed by atoms with Gasteiger partial charge in [0.25, 0.3) is 0 Å². The van der Waals surface area contributed by atoms with E-state index in [9.17, 15) is 18.7 Å². The van der Waals surface area contributed by atoms with Crippen molar-refractivity contribution in [3.8, 4) is 11.1 Å². The highest BCUT2D eigenvalue weighted by Crippen LogP contribution is 2.44. The van der Waals surface area contributed by atoms with E-state index >= 15 is 0 Å². The quantitative estimate of drug-likeness (QED) is 0.472. The predicted octanol–water partition coefficient (Wildman–Crippen LogP) is 3.50. The normalized spacial score (nSPS) is 22.1. The molecule has 3 heterocycles. The average Bonchev–Trinajstić information content (AvgIpc) is 3.30. The van der Waals surface area contributed by atoms with Gasteiger partial charge in [-0.25, -0.2) is 0 Å². The van der Waals surface area contributed by atoms with Crippen molar-refractivity contribution in [3.05, 3.63) is 29.7 Å². The highest BCUT2D eigenvalue weighted by atomic mass is 32.3. The van der Waals surface area contributed by atoms with Crippen LogP contribution in [0.4, 0.5) is 11.4 Å². The fraction of sp³-hybridized carbons (Fsp3) is 0.476. The van der Waals surface area contributed by atoms with Crippen LogP contribution in [-0.4, -0.2) is 49.7 Å². The number of anilines is 2. The Bertz CT molecular complexity index is 976. The van der Waals surface area contributed by atoms with Crippen LogP contribution in [-0.2, 0) is 9.59 Å². The van der Waals surface area contributed by atoms with Crippen LogP contribution in [0.5, 0.6) is 0 Å². The smallest absolute Gasteiger partial charge is 0.247 e. The average molecular weight is 449 g/mol. The lowest BCUT2D eigenvalue weighted by molar-refractivity contribution is -0.122. The topological polar surface area (TPSA) is 137 Å². The van der Waals surface area contributed by atoms with E-state index in [2.05, 4.69) is 21.1 Å². The number of aryl methyl sites for hydroxylation is 2. The van der Waals surface area contributed by atoms with Crippen molar-refractivity contribution in [1.82, 2.24) is 10.5 Å². The Morgan fingerprint density at radius 2 is 1.94 bits per heavy atom. The molecule has 31 heavy (non-hydrogen) atoms. The van der Waals surface area contributed by atoms with Gasteiger partial charge < -0.3 is 20.5 Å². The number of nitrogens with one attached hydrogen (secondary N) is 3. The second-order valence-corrected chi connectivity index (χ2v) is 10.7. The van der Waals surface area contributed by atoms with E-state index in [-0.39, 0.29) is 17.9 Å². The number of carbonyl (C=O) groups excluding carboxylic acids is 2. The Morgan fingerprint density at radius 3 is 2.55 bits per heavy atom. The maximum Gasteiger partial charge on any atom is 0.247 e. The molecule has 0 spiro atoms. The van der Waals surface area contributed by atoms with E-state index in [4.69, 9.17) is 4.52 Å². The molecule has 0 bridgehead atoms. The third-order valence-electron chi connectivity index (χ3n) is 5.86. The zero-order valence-electron chi connectivity index (χ0n) is 17.6. The first-order chi connectivity index (χ1) is 14.7. The molecule has 2 fully saturated rings. The molecule has 0 radical (unpaired) electrons. The molecule has 5 N–H and O–H groups in total. The summed E-state index contributed by atoms with van der Waals surface area (Å²) in [7, 11) is -2.47. The molecule has 2 amide bonds. The van der Waals surface area contributed by atoms with Gasteiger partial charge in [-0.15, -0.1) is 0 Å². The summed E-state index contributed by atoms with van der Waals surface area (Å²) in [4.78, 5) is 24.3. The van der Waals surface area contributed by atoms with Crippen LogP contribution in [0.1, 0.15) is 37.1 Å². The van der Waals surface area contributed by atoms with Gasteiger partial charge in [0, 0.05) is 29.5 Å². The fourth-order valence-corrected chi connectivity index (χ4v) is 5.66. The van der Waals surface area contributed by atoms with Gasteiger partial charge in [-0.05, 0) is 50.8 Å². The summed E-state index contributed by atoms with van der Waals surface area (Å²) in [6.45, 7) is 3.71. The molecule has 168 valence electrons. The van der Waals surface area contributed by atoms with Crippen LogP contribution in [0.3, 0.4) is 0 Å². The minimum atomic E-state index is -2.47. The van der Waals surface area contributed by atoms with Gasteiger partial charge in [0.15, 0.2) is 0 Å². The molecule has 2 saturated heterocycles. The fourth-order valence-electron chi connectivity index (χ4n) is 4.13. The first-order valence-electron chi connectivity index (χ1n) is 10.4. The van der Waals surface area contributed by atoms with Gasteiger partial charge in [0.05, 0.1) is 17.1 Å². The summed E-state index contributed by atoms with van der Waals surface area (Å²) in [6, 6.07) is 5.24. The van der Waals surface area contributed by atoms with Crippen molar-refractivity contribution in [1.29, 1.82) is 0 Å². The van der Waals surface area contributed by atoms with Gasteiger partial charge in [-0.1, -0.05) is 11.2 Å². The summed E-state index contributed by atoms with van der Waals surface area (Å²) >= 11 is 0. The molecular formula is C21H28N4O5S. The number of amides is 2. The minimum absolute atomic E-state index is 0.0756. The number of hydrogen-bond donors (Lipinski definition) is 5. The van der Waals surface area contributed by atoms with Crippen molar-refractivity contribution in [2.75, 3.05) is 22.1 Å². The lowest BCUT2D eigenvalue weighted by atomic mass is 10.0. The maximum atomic E-state index is 12.8. The Kier molecular flexibility index (Phi) is 5.96. The van der Waals surface area contributed by atoms with Crippen molar-refractivity contribution < 1.29 is 23.2 Å². The lowest BCUT2D eigenvalue weighted by Gasteiger charge is -2.39. The first kappa shape index (κ1) is 21.7. The van der Waals surface area contributed by atoms with Gasteiger partial charge >= 0.3 is 0 Å². The van der Waals surface area contributed by atoms with Crippen LogP contribution in [0.25, 0.3) is 11.1 Å². The third-order valence-corrected chi connectivity index (χ3v) is 7.64. The summed E-state index contributed by atoms with van der Waals surface area (Å²) in [6.07, 6.45) is 2.09. The first-order valence-corrected chi connectivity index (χ1v) is 12.3. The molecule has 10 heteroatoms. The molecule has 1 atom stereocenters. The zero-order chi connectivity index (χ0) is 22.2. The highest BCUT2D eigenvalue weighted by molar-refractivity contribution is 8.24. The number of benzene rings is 1. The SMILES string of the molecule is Cc1noc(C)c1-c1ccc(NC2CCS(O)(O)CC2)c(NC(=O)C2CCC(=O)N2)c1. The molecule has 1 unspecified atom stereocenters. The lowest BCUT2D eigenvalue weighted by Crippen LogP contribution is -2.37. The molecule has 2 aliphatic heterocycles. The summed E-state index contributed by atoms with van der Waals surface area (Å²) in [5, 5.41) is 13.1. The molecule has 9 nitrogen and oxygen atoms in total. The van der Waals surface area contributed by atoms with Gasteiger partial charge in [0.2, 0.25) is 11.8 Å². The largest absolute Gasteiger partial charge is 0.381 e. The Balaban J connectivity index is 1.60. The Labute approximate surface area is 182 Å². The summed E-state index contributed by atoms with van der Waals surface area (Å²) in [5.41, 5.74) is 3.85. The zero-order valence-corrected chi connectivity index (χ0v) is 18.4. The van der Waals surface area contributed by atoms with Gasteiger partial charge in [-0.2, -0.15) is 10.6 Å². The molecule has 0 aliphatic carbocycles. The van der Waals surface area contributed by atoms with Gasteiger partial charge in [0.1, 0.15) is 11.8 Å². The van der Waals surface area contributed by atoms with Crippen LogP contribution in [0.2, 0.25) is 0 Å². The monoisotopic (exact) mass is 448 g/mol. The van der Waals surface area contributed by atoms with Crippen LogP contribution in [0.15, 0.2) is 22.7 Å². The van der Waals surface area contributed by atoms with Gasteiger partial charge in [-0.3, -0.25) is 18.7 Å². The third kappa shape index (κ3) is 4.86. The number of hydrogen-bond acceptors (Lipinski definition) is 7. The van der Waals surface area contributed by atoms with E-state index in [1.165, 1.54) is 0 Å². The Hall–Kier alpha value is -2.56. The van der Waals surface area contributed by atoms with Crippen molar-refractivity contribution in [3.63, 3.8) is 0 Å². The van der Waals surface area contributed by atoms with E-state index in [1.807, 2.05) is 32.0 Å². The molecule has 2 aromatic rings. The van der Waals surface area contributed by atoms with E-state index in [0.29, 0.717) is 48.6 Å². The van der Waals surface area contributed by atoms with Crippen LogP contribution >= 0.6 is 10.6 Å².